The van der Waals surface area contributed by atoms with Gasteiger partial charge in [0, 0.05) is 19.1 Å². The first-order valence-corrected chi connectivity index (χ1v) is 3.69. The average molecular weight is 215 g/mol. The minimum Gasteiger partial charge on any atom is -0.478 e. The third kappa shape index (κ3) is 142. The van der Waals surface area contributed by atoms with Gasteiger partial charge in [-0.15, -0.1) is 0 Å². The van der Waals surface area contributed by atoms with Crippen LogP contribution >= 0.6 is 0 Å². The van der Waals surface area contributed by atoms with Crippen LogP contribution in [0, 0.1) is 11.3 Å². The van der Waals surface area contributed by atoms with E-state index in [9.17, 15) is 14.4 Å². The van der Waals surface area contributed by atoms with Gasteiger partial charge in [-0.1, -0.05) is 0 Å². The SMILES string of the molecule is CC#N.CC(C)=O.O=C(O)C=CC(=O)O. The zero-order valence-corrected chi connectivity index (χ0v) is 8.72. The van der Waals surface area contributed by atoms with Crippen molar-refractivity contribution in [3.8, 4) is 6.07 Å². The van der Waals surface area contributed by atoms with Crippen LogP contribution in [0.1, 0.15) is 20.8 Å². The van der Waals surface area contributed by atoms with Gasteiger partial charge in [0.1, 0.15) is 5.78 Å². The number of ketones is 1. The molecule has 0 aliphatic carbocycles. The summed E-state index contributed by atoms with van der Waals surface area (Å²) in [4.78, 5) is 28.6. The first-order valence-electron chi connectivity index (χ1n) is 3.69. The molecule has 0 rings (SSSR count). The number of carboxylic acids is 2. The average Bonchev–Trinajstić information content (AvgIpc) is 2.01. The Morgan fingerprint density at radius 2 is 1.20 bits per heavy atom. The van der Waals surface area contributed by atoms with Crippen molar-refractivity contribution in [2.45, 2.75) is 20.8 Å². The Kier molecular flexibility index (Phi) is 17.8. The summed E-state index contributed by atoms with van der Waals surface area (Å²) in [5.41, 5.74) is 0. The molecule has 0 unspecified atom stereocenters. The summed E-state index contributed by atoms with van der Waals surface area (Å²) in [5, 5.41) is 22.9. The summed E-state index contributed by atoms with van der Waals surface area (Å²) >= 11 is 0. The Morgan fingerprint density at radius 3 is 1.27 bits per heavy atom. The van der Waals surface area contributed by atoms with Crippen LogP contribution in [0.25, 0.3) is 0 Å². The highest BCUT2D eigenvalue weighted by atomic mass is 16.4. The first kappa shape index (κ1) is 18.6. The van der Waals surface area contributed by atoms with E-state index in [0.29, 0.717) is 12.2 Å². The van der Waals surface area contributed by atoms with E-state index in [1.54, 1.807) is 6.07 Å². The lowest BCUT2D eigenvalue weighted by Crippen LogP contribution is -1.91. The second kappa shape index (κ2) is 14.4. The number of aliphatic carboxylic acids is 2. The van der Waals surface area contributed by atoms with Gasteiger partial charge in [0.25, 0.3) is 0 Å². The fourth-order valence-electron chi connectivity index (χ4n) is 0.143. The van der Waals surface area contributed by atoms with E-state index in [1.165, 1.54) is 20.8 Å². The van der Waals surface area contributed by atoms with Gasteiger partial charge in [-0.2, -0.15) is 5.26 Å². The van der Waals surface area contributed by atoms with Crippen molar-refractivity contribution < 1.29 is 24.6 Å². The molecule has 0 heterocycles. The van der Waals surface area contributed by atoms with Crippen molar-refractivity contribution in [2.24, 2.45) is 0 Å². The molecule has 6 nitrogen and oxygen atoms in total. The molecule has 0 radical (unpaired) electrons. The summed E-state index contributed by atoms with van der Waals surface area (Å²) in [6.07, 6.45) is 1.12. The molecule has 0 aliphatic rings. The van der Waals surface area contributed by atoms with Gasteiger partial charge in [0.2, 0.25) is 0 Å². The monoisotopic (exact) mass is 215 g/mol. The highest BCUT2D eigenvalue weighted by molar-refractivity contribution is 5.89. The summed E-state index contributed by atoms with van der Waals surface area (Å²) in [6.45, 7) is 4.49. The van der Waals surface area contributed by atoms with E-state index < -0.39 is 11.9 Å². The first-order chi connectivity index (χ1) is 6.77. The summed E-state index contributed by atoms with van der Waals surface area (Å²) in [5.74, 6) is -2.35. The van der Waals surface area contributed by atoms with Crippen molar-refractivity contribution >= 4 is 17.7 Å². The molecule has 15 heavy (non-hydrogen) atoms. The molecule has 0 aliphatic heterocycles. The van der Waals surface area contributed by atoms with E-state index in [1.807, 2.05) is 0 Å². The van der Waals surface area contributed by atoms with E-state index in [2.05, 4.69) is 0 Å². The number of carbonyl (C=O) groups excluding carboxylic acids is 1. The van der Waals surface area contributed by atoms with Crippen LogP contribution in [-0.4, -0.2) is 27.9 Å². The van der Waals surface area contributed by atoms with Crippen LogP contribution < -0.4 is 0 Å². The van der Waals surface area contributed by atoms with Gasteiger partial charge in [-0.3, -0.25) is 0 Å². The predicted molar refractivity (Wildman–Crippen MR) is 52.1 cm³/mol. The van der Waals surface area contributed by atoms with Crippen LogP contribution in [-0.2, 0) is 14.4 Å². The summed E-state index contributed by atoms with van der Waals surface area (Å²) in [6, 6.07) is 1.75. The minimum atomic E-state index is -1.26. The van der Waals surface area contributed by atoms with Crippen molar-refractivity contribution in [3.63, 3.8) is 0 Å². The number of hydrogen-bond donors (Lipinski definition) is 2. The normalized spacial score (nSPS) is 7.33. The van der Waals surface area contributed by atoms with Gasteiger partial charge >= 0.3 is 11.9 Å². The zero-order chi connectivity index (χ0) is 12.9. The van der Waals surface area contributed by atoms with Crippen LogP contribution in [0.4, 0.5) is 0 Å². The van der Waals surface area contributed by atoms with Gasteiger partial charge in [0.15, 0.2) is 0 Å². The van der Waals surface area contributed by atoms with Crippen molar-refractivity contribution in [3.05, 3.63) is 12.2 Å². The largest absolute Gasteiger partial charge is 0.478 e. The van der Waals surface area contributed by atoms with E-state index in [4.69, 9.17) is 15.5 Å². The Labute approximate surface area is 87.4 Å². The van der Waals surface area contributed by atoms with Gasteiger partial charge in [-0.25, -0.2) is 9.59 Å². The highest BCUT2D eigenvalue weighted by Gasteiger charge is 1.88. The number of carbonyl (C=O) groups is 3. The molecule has 0 aromatic rings. The Bertz CT molecular complexity index is 255. The number of hydrogen-bond acceptors (Lipinski definition) is 4. The number of rotatable bonds is 2. The second-order valence-corrected chi connectivity index (χ2v) is 2.14. The molecule has 0 fully saturated rings. The smallest absolute Gasteiger partial charge is 0.328 e. The van der Waals surface area contributed by atoms with E-state index >= 15 is 0 Å². The van der Waals surface area contributed by atoms with E-state index in [-0.39, 0.29) is 5.78 Å². The van der Waals surface area contributed by atoms with Crippen molar-refractivity contribution in [1.29, 1.82) is 5.26 Å². The Balaban J connectivity index is -0.000000173. The highest BCUT2D eigenvalue weighted by Crippen LogP contribution is 1.70. The standard InChI is InChI=1S/C4H4O4.C3H6O.C2H3N/c5-3(6)1-2-4(7)8;1-3(2)4;1-2-3/h1-2H,(H,5,6)(H,7,8);1-2H3;1H3. The van der Waals surface area contributed by atoms with Crippen LogP contribution in [0.2, 0.25) is 0 Å². The Morgan fingerprint density at radius 1 is 1.07 bits per heavy atom. The van der Waals surface area contributed by atoms with Gasteiger partial charge in [0.05, 0.1) is 6.07 Å². The third-order valence-corrected chi connectivity index (χ3v) is 0.368. The number of Topliss-reactive ketones (excluding diaryl/α,β-unsaturated/α-hetero) is 1. The molecule has 0 amide bonds. The van der Waals surface area contributed by atoms with Crippen LogP contribution in [0.15, 0.2) is 12.2 Å². The third-order valence-electron chi connectivity index (χ3n) is 0.368. The Hall–Kier alpha value is -2.16. The molecule has 0 saturated carbocycles. The predicted octanol–water partition coefficient (Wildman–Crippen LogP) is 0.837. The lowest BCUT2D eigenvalue weighted by Gasteiger charge is -1.74. The maximum atomic E-state index is 9.55. The molecule has 0 saturated heterocycles. The molecule has 0 aromatic heterocycles. The summed E-state index contributed by atoms with van der Waals surface area (Å²) in [7, 11) is 0. The topological polar surface area (TPSA) is 115 Å². The minimum absolute atomic E-state index is 0.167. The van der Waals surface area contributed by atoms with Gasteiger partial charge in [-0.05, 0) is 13.8 Å². The summed E-state index contributed by atoms with van der Waals surface area (Å²) < 4.78 is 0. The van der Waals surface area contributed by atoms with Crippen molar-refractivity contribution in [2.75, 3.05) is 0 Å². The maximum absolute atomic E-state index is 9.55. The lowest BCUT2D eigenvalue weighted by atomic mass is 10.5. The molecular formula is C9H13NO5. The lowest BCUT2D eigenvalue weighted by molar-refractivity contribution is -0.134. The fourth-order valence-corrected chi connectivity index (χ4v) is 0.143. The number of nitrogens with zero attached hydrogens (tertiary/aromatic N) is 1. The fraction of sp³-hybridized carbons (Fsp3) is 0.333. The number of carboxylic acid groups (broad SMARTS) is 2. The second-order valence-electron chi connectivity index (χ2n) is 2.14. The molecule has 2 N–H and O–H groups in total. The molecule has 0 spiro atoms. The van der Waals surface area contributed by atoms with Crippen molar-refractivity contribution in [1.82, 2.24) is 0 Å². The molecular weight excluding hydrogens is 202 g/mol. The molecule has 0 bridgehead atoms. The molecule has 6 heteroatoms. The number of nitriles is 1. The van der Waals surface area contributed by atoms with E-state index in [0.717, 1.165) is 0 Å². The van der Waals surface area contributed by atoms with Gasteiger partial charge < -0.3 is 15.0 Å². The quantitative estimate of drug-likeness (QED) is 0.659. The molecule has 84 valence electrons. The molecule has 0 atom stereocenters. The zero-order valence-electron chi connectivity index (χ0n) is 8.72. The van der Waals surface area contributed by atoms with Crippen LogP contribution in [0.3, 0.4) is 0 Å². The molecule has 0 aromatic carbocycles. The van der Waals surface area contributed by atoms with Crippen LogP contribution in [0.5, 0.6) is 0 Å². The maximum Gasteiger partial charge on any atom is 0.328 e.